The van der Waals surface area contributed by atoms with Crippen LogP contribution in [0.15, 0.2) is 27.4 Å². The van der Waals surface area contributed by atoms with E-state index in [1.807, 2.05) is 0 Å². The van der Waals surface area contributed by atoms with E-state index in [0.29, 0.717) is 23.8 Å². The molecule has 0 saturated heterocycles. The number of rotatable bonds is 4. The molecule has 5 heteroatoms. The molecule has 0 N–H and O–H groups in total. The van der Waals surface area contributed by atoms with Crippen LogP contribution in [-0.2, 0) is 6.54 Å². The summed E-state index contributed by atoms with van der Waals surface area (Å²) in [6.45, 7) is 0.558. The van der Waals surface area contributed by atoms with Crippen LogP contribution in [0.3, 0.4) is 0 Å². The second kappa shape index (κ2) is 4.61. The number of alkyl halides is 1. The van der Waals surface area contributed by atoms with Crippen molar-refractivity contribution in [1.82, 2.24) is 4.57 Å². The van der Waals surface area contributed by atoms with Gasteiger partial charge in [0, 0.05) is 18.5 Å². The third-order valence-corrected chi connectivity index (χ3v) is 2.66. The third kappa shape index (κ3) is 1.93. The number of nitrogens with zero attached hydrogens (tertiary/aromatic N) is 1. The molecule has 0 aliphatic rings. The molecule has 0 fully saturated rings. The molecule has 0 radical (unpaired) electrons. The van der Waals surface area contributed by atoms with Crippen molar-refractivity contribution in [3.8, 4) is 5.75 Å². The number of hydrogen-bond acceptors (Lipinski definition) is 3. The van der Waals surface area contributed by atoms with Crippen LogP contribution in [-0.4, -0.2) is 17.6 Å². The minimum absolute atomic E-state index is 0.353. The Hall–Kier alpha value is -1.42. The van der Waals surface area contributed by atoms with Gasteiger partial charge in [-0.3, -0.25) is 4.57 Å². The summed E-state index contributed by atoms with van der Waals surface area (Å²) in [4.78, 5) is 11.6. The number of aryl methyl sites for hydroxylation is 1. The van der Waals surface area contributed by atoms with Crippen molar-refractivity contribution in [1.29, 1.82) is 0 Å². The van der Waals surface area contributed by atoms with E-state index >= 15 is 0 Å². The first kappa shape index (κ1) is 11.1. The lowest BCUT2D eigenvalue weighted by Gasteiger charge is -2.01. The molecule has 0 aliphatic carbocycles. The smallest absolute Gasteiger partial charge is 0.419 e. The van der Waals surface area contributed by atoms with Crippen molar-refractivity contribution in [3.63, 3.8) is 0 Å². The predicted molar refractivity (Wildman–Crippen MR) is 62.4 cm³/mol. The van der Waals surface area contributed by atoms with Gasteiger partial charge in [-0.05, 0) is 18.6 Å². The molecule has 86 valence electrons. The maximum absolute atomic E-state index is 11.6. The number of halogens is 1. The van der Waals surface area contributed by atoms with Gasteiger partial charge in [0.2, 0.25) is 0 Å². The molecule has 1 heterocycles. The van der Waals surface area contributed by atoms with Gasteiger partial charge in [0.1, 0.15) is 5.75 Å². The molecule has 0 amide bonds. The Kier molecular flexibility index (Phi) is 3.19. The predicted octanol–water partition coefficient (Wildman–Crippen LogP) is 2.23. The first-order valence-corrected chi connectivity index (χ1v) is 5.53. The normalized spacial score (nSPS) is 10.9. The molecule has 1 aromatic carbocycles. The fourth-order valence-corrected chi connectivity index (χ4v) is 1.72. The van der Waals surface area contributed by atoms with Crippen LogP contribution >= 0.6 is 11.6 Å². The number of aromatic nitrogens is 1. The Bertz CT molecular complexity index is 544. The van der Waals surface area contributed by atoms with Gasteiger partial charge in [0.05, 0.1) is 12.6 Å². The molecule has 0 unspecified atom stereocenters. The quantitative estimate of drug-likeness (QED) is 0.771. The zero-order valence-corrected chi connectivity index (χ0v) is 9.66. The highest BCUT2D eigenvalue weighted by Gasteiger charge is 2.09. The minimum Gasteiger partial charge on any atom is -0.497 e. The Morgan fingerprint density at radius 2 is 2.31 bits per heavy atom. The highest BCUT2D eigenvalue weighted by molar-refractivity contribution is 6.17. The summed E-state index contributed by atoms with van der Waals surface area (Å²) in [7, 11) is 1.59. The van der Waals surface area contributed by atoms with Crippen LogP contribution in [0.1, 0.15) is 6.42 Å². The van der Waals surface area contributed by atoms with Gasteiger partial charge < -0.3 is 9.15 Å². The van der Waals surface area contributed by atoms with Crippen LogP contribution in [0.25, 0.3) is 11.1 Å². The SMILES string of the molecule is COc1ccc2oc(=O)n(CCCCl)c2c1. The van der Waals surface area contributed by atoms with Crippen LogP contribution in [0, 0.1) is 0 Å². The highest BCUT2D eigenvalue weighted by atomic mass is 35.5. The van der Waals surface area contributed by atoms with Crippen molar-refractivity contribution in [2.24, 2.45) is 0 Å². The lowest BCUT2D eigenvalue weighted by molar-refractivity contribution is 0.415. The van der Waals surface area contributed by atoms with E-state index in [1.165, 1.54) is 0 Å². The molecule has 2 rings (SSSR count). The molecule has 2 aromatic rings. The van der Waals surface area contributed by atoms with Crippen molar-refractivity contribution >= 4 is 22.7 Å². The Balaban J connectivity index is 2.52. The Morgan fingerprint density at radius 3 is 3.00 bits per heavy atom. The summed E-state index contributed by atoms with van der Waals surface area (Å²) in [5.41, 5.74) is 1.31. The highest BCUT2D eigenvalue weighted by Crippen LogP contribution is 2.19. The first-order chi connectivity index (χ1) is 7.76. The van der Waals surface area contributed by atoms with E-state index in [4.69, 9.17) is 20.8 Å². The zero-order valence-electron chi connectivity index (χ0n) is 8.90. The maximum Gasteiger partial charge on any atom is 0.419 e. The fourth-order valence-electron chi connectivity index (χ4n) is 1.60. The molecular formula is C11H12ClNO3. The van der Waals surface area contributed by atoms with Crippen molar-refractivity contribution < 1.29 is 9.15 Å². The van der Waals surface area contributed by atoms with Gasteiger partial charge >= 0.3 is 5.76 Å². The van der Waals surface area contributed by atoms with E-state index < -0.39 is 0 Å². The van der Waals surface area contributed by atoms with Crippen LogP contribution in [0.2, 0.25) is 0 Å². The van der Waals surface area contributed by atoms with Gasteiger partial charge in [-0.15, -0.1) is 11.6 Å². The number of oxazole rings is 1. The summed E-state index contributed by atoms with van der Waals surface area (Å²) in [5.74, 6) is 0.865. The van der Waals surface area contributed by atoms with Gasteiger partial charge in [0.25, 0.3) is 0 Å². The average Bonchev–Trinajstić information content (AvgIpc) is 2.61. The molecule has 0 bridgehead atoms. The summed E-state index contributed by atoms with van der Waals surface area (Å²) in [6.07, 6.45) is 0.729. The van der Waals surface area contributed by atoms with E-state index in [2.05, 4.69) is 0 Å². The van der Waals surface area contributed by atoms with E-state index in [0.717, 1.165) is 11.9 Å². The monoisotopic (exact) mass is 241 g/mol. The number of hydrogen-bond donors (Lipinski definition) is 0. The van der Waals surface area contributed by atoms with Crippen LogP contribution < -0.4 is 10.5 Å². The Morgan fingerprint density at radius 1 is 1.50 bits per heavy atom. The number of fused-ring (bicyclic) bond motifs is 1. The Labute approximate surface area is 97.4 Å². The zero-order chi connectivity index (χ0) is 11.5. The lowest BCUT2D eigenvalue weighted by Crippen LogP contribution is -2.14. The standard InChI is InChI=1S/C11H12ClNO3/c1-15-8-3-4-10-9(7-8)13(6-2-5-12)11(14)16-10/h3-4,7H,2,5-6H2,1H3. The summed E-state index contributed by atoms with van der Waals surface area (Å²) in [6, 6.07) is 5.28. The summed E-state index contributed by atoms with van der Waals surface area (Å²) < 4.78 is 11.8. The van der Waals surface area contributed by atoms with Crippen LogP contribution in [0.5, 0.6) is 5.75 Å². The molecule has 16 heavy (non-hydrogen) atoms. The molecule has 0 saturated carbocycles. The minimum atomic E-state index is -0.353. The molecule has 0 aliphatic heterocycles. The second-order valence-corrected chi connectivity index (χ2v) is 3.77. The molecule has 0 atom stereocenters. The van der Waals surface area contributed by atoms with Gasteiger partial charge in [-0.25, -0.2) is 4.79 Å². The molecular weight excluding hydrogens is 230 g/mol. The van der Waals surface area contributed by atoms with Crippen LogP contribution in [0.4, 0.5) is 0 Å². The largest absolute Gasteiger partial charge is 0.497 e. The summed E-state index contributed by atoms with van der Waals surface area (Å²) >= 11 is 5.61. The average molecular weight is 242 g/mol. The third-order valence-electron chi connectivity index (χ3n) is 2.39. The molecule has 1 aromatic heterocycles. The van der Waals surface area contributed by atoms with Gasteiger partial charge in [0.15, 0.2) is 5.58 Å². The van der Waals surface area contributed by atoms with Gasteiger partial charge in [-0.1, -0.05) is 0 Å². The molecule has 0 spiro atoms. The van der Waals surface area contributed by atoms with Crippen molar-refractivity contribution in [3.05, 3.63) is 28.7 Å². The second-order valence-electron chi connectivity index (χ2n) is 3.40. The first-order valence-electron chi connectivity index (χ1n) is 4.99. The number of methoxy groups -OCH3 is 1. The number of ether oxygens (including phenoxy) is 1. The van der Waals surface area contributed by atoms with E-state index in [9.17, 15) is 4.79 Å². The topological polar surface area (TPSA) is 44.4 Å². The van der Waals surface area contributed by atoms with Crippen molar-refractivity contribution in [2.75, 3.05) is 13.0 Å². The fraction of sp³-hybridized carbons (Fsp3) is 0.364. The van der Waals surface area contributed by atoms with E-state index in [-0.39, 0.29) is 5.76 Å². The summed E-state index contributed by atoms with van der Waals surface area (Å²) in [5, 5.41) is 0. The van der Waals surface area contributed by atoms with E-state index in [1.54, 1.807) is 29.9 Å². The van der Waals surface area contributed by atoms with Gasteiger partial charge in [-0.2, -0.15) is 0 Å². The lowest BCUT2D eigenvalue weighted by atomic mass is 10.3. The maximum atomic E-state index is 11.6. The van der Waals surface area contributed by atoms with Crippen molar-refractivity contribution in [2.45, 2.75) is 13.0 Å². The number of benzene rings is 1. The molecule has 4 nitrogen and oxygen atoms in total.